The standard InChI is InChI=1S/C17H15N5/c1-10(2)15-6-14-16(19-9-20-17(14)22-15)21-13-4-3-11-7-18-8-12(11)5-13/h3-6,8-9H,1,7H2,2H3,(H2,19,20,21,22). The van der Waals surface area contributed by atoms with Crippen LogP contribution in [0.4, 0.5) is 11.5 Å². The molecule has 2 aromatic heterocycles. The third-order valence-electron chi connectivity index (χ3n) is 3.79. The molecular weight excluding hydrogens is 274 g/mol. The monoisotopic (exact) mass is 289 g/mol. The van der Waals surface area contributed by atoms with E-state index in [4.69, 9.17) is 0 Å². The van der Waals surface area contributed by atoms with E-state index in [1.807, 2.05) is 25.3 Å². The van der Waals surface area contributed by atoms with Gasteiger partial charge in [0.05, 0.1) is 11.9 Å². The first-order valence-corrected chi connectivity index (χ1v) is 7.10. The number of nitrogens with zero attached hydrogens (tertiary/aromatic N) is 3. The number of H-pyrrole nitrogens is 1. The van der Waals surface area contributed by atoms with Crippen LogP contribution in [0.2, 0.25) is 0 Å². The van der Waals surface area contributed by atoms with Crippen LogP contribution < -0.4 is 5.32 Å². The first kappa shape index (κ1) is 12.8. The van der Waals surface area contributed by atoms with E-state index < -0.39 is 0 Å². The topological polar surface area (TPSA) is 66.0 Å². The van der Waals surface area contributed by atoms with E-state index in [2.05, 4.69) is 44.0 Å². The molecule has 0 radical (unpaired) electrons. The van der Waals surface area contributed by atoms with Crippen molar-refractivity contribution in [2.24, 2.45) is 4.99 Å². The van der Waals surface area contributed by atoms with Crippen LogP contribution in [-0.2, 0) is 6.54 Å². The van der Waals surface area contributed by atoms with Crippen LogP contribution >= 0.6 is 0 Å². The number of aliphatic imine (C=N–C) groups is 1. The van der Waals surface area contributed by atoms with Gasteiger partial charge in [0, 0.05) is 17.6 Å². The van der Waals surface area contributed by atoms with Crippen LogP contribution in [0.3, 0.4) is 0 Å². The highest BCUT2D eigenvalue weighted by Gasteiger charge is 2.10. The van der Waals surface area contributed by atoms with Crippen molar-refractivity contribution in [1.82, 2.24) is 15.0 Å². The lowest BCUT2D eigenvalue weighted by Gasteiger charge is -2.07. The van der Waals surface area contributed by atoms with Crippen LogP contribution in [-0.4, -0.2) is 21.2 Å². The Balaban J connectivity index is 1.75. The molecule has 0 atom stereocenters. The minimum absolute atomic E-state index is 0.771. The number of aromatic nitrogens is 3. The van der Waals surface area contributed by atoms with E-state index in [0.29, 0.717) is 0 Å². The Morgan fingerprint density at radius 3 is 3.05 bits per heavy atom. The molecule has 1 aliphatic heterocycles. The molecule has 0 unspecified atom stereocenters. The molecule has 3 aromatic rings. The molecule has 1 aliphatic rings. The summed E-state index contributed by atoms with van der Waals surface area (Å²) in [7, 11) is 0. The minimum atomic E-state index is 0.771. The van der Waals surface area contributed by atoms with E-state index in [1.165, 1.54) is 5.56 Å². The van der Waals surface area contributed by atoms with Crippen molar-refractivity contribution >= 4 is 34.3 Å². The molecule has 5 nitrogen and oxygen atoms in total. The highest BCUT2D eigenvalue weighted by Crippen LogP contribution is 2.27. The van der Waals surface area contributed by atoms with E-state index in [1.54, 1.807) is 6.33 Å². The molecule has 0 amide bonds. The van der Waals surface area contributed by atoms with E-state index >= 15 is 0 Å². The normalized spacial score (nSPS) is 12.6. The Morgan fingerprint density at radius 1 is 1.27 bits per heavy atom. The maximum absolute atomic E-state index is 4.36. The fourth-order valence-electron chi connectivity index (χ4n) is 2.59. The number of fused-ring (bicyclic) bond motifs is 2. The molecule has 5 heteroatoms. The summed E-state index contributed by atoms with van der Waals surface area (Å²) >= 11 is 0. The van der Waals surface area contributed by atoms with E-state index in [0.717, 1.165) is 45.9 Å². The molecule has 3 heterocycles. The lowest BCUT2D eigenvalue weighted by atomic mass is 10.1. The van der Waals surface area contributed by atoms with Gasteiger partial charge in [-0.2, -0.15) is 0 Å². The lowest BCUT2D eigenvalue weighted by molar-refractivity contribution is 1.11. The van der Waals surface area contributed by atoms with Gasteiger partial charge >= 0.3 is 0 Å². The molecule has 0 bridgehead atoms. The summed E-state index contributed by atoms with van der Waals surface area (Å²) in [5, 5.41) is 4.32. The molecule has 0 saturated carbocycles. The maximum atomic E-state index is 4.36. The Morgan fingerprint density at radius 2 is 2.18 bits per heavy atom. The molecule has 4 rings (SSSR count). The van der Waals surface area contributed by atoms with Crippen LogP contribution in [0.1, 0.15) is 23.7 Å². The van der Waals surface area contributed by atoms with Crippen molar-refractivity contribution in [2.75, 3.05) is 5.32 Å². The van der Waals surface area contributed by atoms with Gasteiger partial charge in [-0.25, -0.2) is 9.97 Å². The van der Waals surface area contributed by atoms with Crippen LogP contribution in [0, 0.1) is 0 Å². The Labute approximate surface area is 127 Å². The first-order valence-electron chi connectivity index (χ1n) is 7.10. The van der Waals surface area contributed by atoms with Gasteiger partial charge in [0.1, 0.15) is 17.8 Å². The number of anilines is 2. The maximum Gasteiger partial charge on any atom is 0.143 e. The molecule has 0 aliphatic carbocycles. The highest BCUT2D eigenvalue weighted by molar-refractivity contribution is 5.92. The Bertz CT molecular complexity index is 920. The second kappa shape index (κ2) is 4.80. The summed E-state index contributed by atoms with van der Waals surface area (Å²) in [6.07, 6.45) is 3.46. The zero-order valence-corrected chi connectivity index (χ0v) is 12.2. The number of hydrogen-bond donors (Lipinski definition) is 2. The Hall–Kier alpha value is -2.95. The second-order valence-corrected chi connectivity index (χ2v) is 5.46. The predicted octanol–water partition coefficient (Wildman–Crippen LogP) is 3.67. The van der Waals surface area contributed by atoms with E-state index in [9.17, 15) is 0 Å². The smallest absolute Gasteiger partial charge is 0.143 e. The first-order chi connectivity index (χ1) is 10.7. The van der Waals surface area contributed by atoms with Crippen molar-refractivity contribution in [3.63, 3.8) is 0 Å². The van der Waals surface area contributed by atoms with Gasteiger partial charge in [-0.15, -0.1) is 0 Å². The summed E-state index contributed by atoms with van der Waals surface area (Å²) in [6, 6.07) is 8.26. The minimum Gasteiger partial charge on any atom is -0.340 e. The SMILES string of the molecule is C=C(C)c1cc2c(Nc3ccc4c(c3)C=NC4)ncnc2[nH]1. The summed E-state index contributed by atoms with van der Waals surface area (Å²) in [5.41, 5.74) is 6.15. The fraction of sp³-hybridized carbons (Fsp3) is 0.118. The third-order valence-corrected chi connectivity index (χ3v) is 3.79. The summed E-state index contributed by atoms with van der Waals surface area (Å²) in [6.45, 7) is 6.69. The van der Waals surface area contributed by atoms with Gasteiger partial charge in [0.2, 0.25) is 0 Å². The van der Waals surface area contributed by atoms with Crippen molar-refractivity contribution in [1.29, 1.82) is 0 Å². The average molecular weight is 289 g/mol. The fourth-order valence-corrected chi connectivity index (χ4v) is 2.59. The molecule has 0 spiro atoms. The average Bonchev–Trinajstić information content (AvgIpc) is 3.13. The lowest BCUT2D eigenvalue weighted by Crippen LogP contribution is -1.96. The predicted molar refractivity (Wildman–Crippen MR) is 89.6 cm³/mol. The van der Waals surface area contributed by atoms with Crippen molar-refractivity contribution in [2.45, 2.75) is 13.5 Å². The summed E-state index contributed by atoms with van der Waals surface area (Å²) in [4.78, 5) is 16.2. The number of aromatic amines is 1. The van der Waals surface area contributed by atoms with Gasteiger partial charge in [-0.3, -0.25) is 4.99 Å². The zero-order chi connectivity index (χ0) is 15.1. The van der Waals surface area contributed by atoms with Crippen molar-refractivity contribution in [3.05, 3.63) is 54.0 Å². The number of nitrogens with one attached hydrogen (secondary N) is 2. The molecule has 22 heavy (non-hydrogen) atoms. The number of allylic oxidation sites excluding steroid dienone is 1. The molecule has 1 aromatic carbocycles. The number of hydrogen-bond acceptors (Lipinski definition) is 4. The second-order valence-electron chi connectivity index (χ2n) is 5.46. The molecule has 0 saturated heterocycles. The molecular formula is C17H15N5. The molecule has 108 valence electrons. The zero-order valence-electron chi connectivity index (χ0n) is 12.2. The van der Waals surface area contributed by atoms with Crippen LogP contribution in [0.5, 0.6) is 0 Å². The van der Waals surface area contributed by atoms with Gasteiger partial charge in [0.15, 0.2) is 0 Å². The van der Waals surface area contributed by atoms with E-state index in [-0.39, 0.29) is 0 Å². The Kier molecular flexibility index (Phi) is 2.79. The van der Waals surface area contributed by atoms with Gasteiger partial charge in [0.25, 0.3) is 0 Å². The number of benzene rings is 1. The summed E-state index contributed by atoms with van der Waals surface area (Å²) in [5.74, 6) is 0.781. The van der Waals surface area contributed by atoms with Gasteiger partial charge in [-0.1, -0.05) is 12.6 Å². The van der Waals surface area contributed by atoms with Crippen LogP contribution in [0.25, 0.3) is 16.6 Å². The third kappa shape index (κ3) is 2.07. The van der Waals surface area contributed by atoms with Gasteiger partial charge < -0.3 is 10.3 Å². The number of rotatable bonds is 3. The van der Waals surface area contributed by atoms with Crippen molar-refractivity contribution in [3.8, 4) is 0 Å². The largest absolute Gasteiger partial charge is 0.340 e. The molecule has 2 N–H and O–H groups in total. The molecule has 0 fully saturated rings. The quantitative estimate of drug-likeness (QED) is 0.773. The van der Waals surface area contributed by atoms with Crippen molar-refractivity contribution < 1.29 is 0 Å². The highest BCUT2D eigenvalue weighted by atomic mass is 15.0. The van der Waals surface area contributed by atoms with Gasteiger partial charge in [-0.05, 0) is 41.8 Å². The van der Waals surface area contributed by atoms with Crippen LogP contribution in [0.15, 0.2) is 42.2 Å². The summed E-state index contributed by atoms with van der Waals surface area (Å²) < 4.78 is 0.